The molecule has 3 aromatic rings. The van der Waals surface area contributed by atoms with Gasteiger partial charge in [-0.2, -0.15) is 0 Å². The van der Waals surface area contributed by atoms with Gasteiger partial charge in [-0.3, -0.25) is 4.79 Å². The zero-order valence-corrected chi connectivity index (χ0v) is 16.0. The second-order valence-electron chi connectivity index (χ2n) is 6.34. The molecule has 0 aromatic heterocycles. The van der Waals surface area contributed by atoms with Gasteiger partial charge < -0.3 is 25.0 Å². The Bertz CT molecular complexity index is 1070. The molecule has 0 saturated carbocycles. The fourth-order valence-electron chi connectivity index (χ4n) is 2.56. The molecule has 0 radical (unpaired) electrons. The number of amides is 1. The molecule has 0 heterocycles. The third-order valence-electron chi connectivity index (χ3n) is 3.85. The highest BCUT2D eigenvalue weighted by molar-refractivity contribution is 5.88. The van der Waals surface area contributed by atoms with Gasteiger partial charge in [-0.1, -0.05) is 24.3 Å². The number of hydrogen-bond donors (Lipinski definition) is 3. The lowest BCUT2D eigenvalue weighted by Gasteiger charge is -2.08. The molecule has 0 aliphatic carbocycles. The summed E-state index contributed by atoms with van der Waals surface area (Å²) in [6, 6.07) is 17.2. The molecule has 7 nitrogen and oxygen atoms in total. The van der Waals surface area contributed by atoms with Crippen LogP contribution in [0.1, 0.15) is 18.1 Å². The van der Waals surface area contributed by atoms with Crippen molar-refractivity contribution in [3.63, 3.8) is 0 Å². The molecule has 152 valence electrons. The van der Waals surface area contributed by atoms with E-state index in [4.69, 9.17) is 9.47 Å². The van der Waals surface area contributed by atoms with Crippen LogP contribution in [0.25, 0.3) is 12.2 Å². The maximum Gasteiger partial charge on any atom is 0.519 e. The quantitative estimate of drug-likeness (QED) is 0.320. The van der Waals surface area contributed by atoms with Gasteiger partial charge in [0.05, 0.1) is 0 Å². The average Bonchev–Trinajstić information content (AvgIpc) is 2.68. The van der Waals surface area contributed by atoms with Gasteiger partial charge >= 0.3 is 6.16 Å². The Kier molecular flexibility index (Phi) is 6.34. The molecule has 3 N–H and O–H groups in total. The molecule has 3 aromatic carbocycles. The van der Waals surface area contributed by atoms with Crippen molar-refractivity contribution in [3.8, 4) is 23.0 Å². The molecule has 3 rings (SSSR count). The normalized spacial score (nSPS) is 10.6. The van der Waals surface area contributed by atoms with Gasteiger partial charge in [0.25, 0.3) is 0 Å². The van der Waals surface area contributed by atoms with E-state index in [1.54, 1.807) is 54.6 Å². The molecule has 0 fully saturated rings. The Balaban J connectivity index is 1.65. The highest BCUT2D eigenvalue weighted by Gasteiger charge is 2.10. The van der Waals surface area contributed by atoms with Gasteiger partial charge in [-0.15, -0.1) is 0 Å². The minimum atomic E-state index is -0.971. The van der Waals surface area contributed by atoms with E-state index >= 15 is 0 Å². The minimum absolute atomic E-state index is 0.0784. The van der Waals surface area contributed by atoms with Crippen molar-refractivity contribution < 1.29 is 29.3 Å². The first-order chi connectivity index (χ1) is 14.4. The largest absolute Gasteiger partial charge is 0.519 e. The molecule has 0 atom stereocenters. The highest BCUT2D eigenvalue weighted by Crippen LogP contribution is 2.24. The summed E-state index contributed by atoms with van der Waals surface area (Å²) in [4.78, 5) is 23.1. The molecule has 7 heteroatoms. The fourth-order valence-corrected chi connectivity index (χ4v) is 2.56. The van der Waals surface area contributed by atoms with E-state index in [0.717, 1.165) is 5.56 Å². The summed E-state index contributed by atoms with van der Waals surface area (Å²) in [6.45, 7) is 1.39. The van der Waals surface area contributed by atoms with Crippen molar-refractivity contribution in [3.05, 3.63) is 77.9 Å². The molecule has 0 spiro atoms. The zero-order chi connectivity index (χ0) is 21.5. The van der Waals surface area contributed by atoms with Crippen LogP contribution < -0.4 is 14.8 Å². The van der Waals surface area contributed by atoms with E-state index in [0.29, 0.717) is 11.3 Å². The van der Waals surface area contributed by atoms with Crippen LogP contribution >= 0.6 is 0 Å². The molecule has 0 aliphatic rings. The predicted molar refractivity (Wildman–Crippen MR) is 113 cm³/mol. The maximum absolute atomic E-state index is 12.0. The van der Waals surface area contributed by atoms with Crippen LogP contribution in [0.5, 0.6) is 23.0 Å². The minimum Gasteiger partial charge on any atom is -0.508 e. The summed E-state index contributed by atoms with van der Waals surface area (Å²) in [5, 5.41) is 21.8. The molecule has 0 saturated heterocycles. The lowest BCUT2D eigenvalue weighted by atomic mass is 10.1. The van der Waals surface area contributed by atoms with Crippen LogP contribution in [-0.2, 0) is 4.79 Å². The van der Waals surface area contributed by atoms with Crippen LogP contribution in [0.3, 0.4) is 0 Å². The third-order valence-corrected chi connectivity index (χ3v) is 3.85. The highest BCUT2D eigenvalue weighted by atomic mass is 16.7. The predicted octanol–water partition coefficient (Wildman–Crippen LogP) is 4.80. The standard InChI is InChI=1S/C23H19NO6/c1-15(25)24-18-6-10-21(11-7-18)29-23(28)30-22-13-17(12-20(27)14-22)3-2-16-4-8-19(26)9-5-16/h2-14,26-27H,1H3,(H,24,25)/b3-2+. The summed E-state index contributed by atoms with van der Waals surface area (Å²) in [5.41, 5.74) is 2.02. The zero-order valence-electron chi connectivity index (χ0n) is 16.0. The summed E-state index contributed by atoms with van der Waals surface area (Å²) in [5.74, 6) is 0.234. The summed E-state index contributed by atoms with van der Waals surface area (Å²) < 4.78 is 10.2. The number of benzene rings is 3. The van der Waals surface area contributed by atoms with Gasteiger partial charge in [0.15, 0.2) is 0 Å². The Morgan fingerprint density at radius 3 is 2.07 bits per heavy atom. The number of anilines is 1. The molecule has 1 amide bonds. The number of phenols is 2. The Morgan fingerprint density at radius 1 is 0.767 bits per heavy atom. The average molecular weight is 405 g/mol. The van der Waals surface area contributed by atoms with E-state index in [-0.39, 0.29) is 28.9 Å². The first-order valence-corrected chi connectivity index (χ1v) is 8.96. The van der Waals surface area contributed by atoms with Crippen molar-refractivity contribution in [1.29, 1.82) is 0 Å². The fraction of sp³-hybridized carbons (Fsp3) is 0.0435. The maximum atomic E-state index is 12.0. The molecular weight excluding hydrogens is 386 g/mol. The summed E-state index contributed by atoms with van der Waals surface area (Å²) in [6.07, 6.45) is 2.54. The lowest BCUT2D eigenvalue weighted by molar-refractivity contribution is -0.114. The number of hydrogen-bond acceptors (Lipinski definition) is 6. The van der Waals surface area contributed by atoms with Crippen LogP contribution in [0, 0.1) is 0 Å². The smallest absolute Gasteiger partial charge is 0.508 e. The number of rotatable bonds is 5. The number of phenolic OH excluding ortho intramolecular Hbond substituents is 2. The third kappa shape index (κ3) is 6.13. The van der Waals surface area contributed by atoms with Gasteiger partial charge in [-0.25, -0.2) is 4.79 Å². The monoisotopic (exact) mass is 405 g/mol. The first kappa shape index (κ1) is 20.5. The van der Waals surface area contributed by atoms with Gasteiger partial charge in [0.2, 0.25) is 5.91 Å². The molecule has 0 aliphatic heterocycles. The Morgan fingerprint density at radius 2 is 1.40 bits per heavy atom. The second-order valence-corrected chi connectivity index (χ2v) is 6.34. The molecular formula is C23H19NO6. The first-order valence-electron chi connectivity index (χ1n) is 8.96. The summed E-state index contributed by atoms with van der Waals surface area (Å²) in [7, 11) is 0. The van der Waals surface area contributed by atoms with Gasteiger partial charge in [0.1, 0.15) is 23.0 Å². The molecule has 30 heavy (non-hydrogen) atoms. The van der Waals surface area contributed by atoms with Crippen LogP contribution in [0.4, 0.5) is 10.5 Å². The Labute approximate surface area is 172 Å². The number of aromatic hydroxyl groups is 2. The number of carbonyl (C=O) groups is 2. The molecule has 0 bridgehead atoms. The Hall–Kier alpha value is -4.26. The van der Waals surface area contributed by atoms with Crippen molar-refractivity contribution in [2.45, 2.75) is 6.92 Å². The van der Waals surface area contributed by atoms with Crippen molar-refractivity contribution in [2.75, 3.05) is 5.32 Å². The van der Waals surface area contributed by atoms with E-state index in [9.17, 15) is 19.8 Å². The van der Waals surface area contributed by atoms with Crippen molar-refractivity contribution in [2.24, 2.45) is 0 Å². The van der Waals surface area contributed by atoms with Crippen molar-refractivity contribution in [1.82, 2.24) is 0 Å². The number of ether oxygens (including phenoxy) is 2. The van der Waals surface area contributed by atoms with Crippen LogP contribution in [0.2, 0.25) is 0 Å². The van der Waals surface area contributed by atoms with E-state index < -0.39 is 6.16 Å². The van der Waals surface area contributed by atoms with E-state index in [2.05, 4.69) is 5.32 Å². The second kappa shape index (κ2) is 9.29. The van der Waals surface area contributed by atoms with Gasteiger partial charge in [-0.05, 0) is 59.7 Å². The van der Waals surface area contributed by atoms with E-state index in [1.165, 1.54) is 31.2 Å². The SMILES string of the molecule is CC(=O)Nc1ccc(OC(=O)Oc2cc(O)cc(/C=C/c3ccc(O)cc3)c2)cc1. The summed E-state index contributed by atoms with van der Waals surface area (Å²) >= 11 is 0. The lowest BCUT2D eigenvalue weighted by Crippen LogP contribution is -2.14. The molecule has 0 unspecified atom stereocenters. The van der Waals surface area contributed by atoms with Crippen LogP contribution in [0.15, 0.2) is 66.7 Å². The van der Waals surface area contributed by atoms with Crippen molar-refractivity contribution >= 4 is 29.9 Å². The number of nitrogens with one attached hydrogen (secondary N) is 1. The topological polar surface area (TPSA) is 105 Å². The van der Waals surface area contributed by atoms with Gasteiger partial charge in [0, 0.05) is 18.7 Å². The number of carbonyl (C=O) groups excluding carboxylic acids is 2. The van der Waals surface area contributed by atoms with Crippen LogP contribution in [-0.4, -0.2) is 22.3 Å². The van der Waals surface area contributed by atoms with E-state index in [1.807, 2.05) is 0 Å².